The van der Waals surface area contributed by atoms with E-state index < -0.39 is 0 Å². The van der Waals surface area contributed by atoms with Crippen molar-refractivity contribution in [3.05, 3.63) is 35.4 Å². The minimum Gasteiger partial charge on any atom is -0.355 e. The second kappa shape index (κ2) is 12.8. The highest BCUT2D eigenvalue weighted by atomic mass is 127. The first-order chi connectivity index (χ1) is 11.7. The lowest BCUT2D eigenvalue weighted by Gasteiger charge is -2.18. The van der Waals surface area contributed by atoms with Gasteiger partial charge in [-0.2, -0.15) is 11.8 Å². The monoisotopic (exact) mass is 476 g/mol. The van der Waals surface area contributed by atoms with Crippen LogP contribution in [0, 0.1) is 0 Å². The van der Waals surface area contributed by atoms with E-state index in [0.29, 0.717) is 0 Å². The first-order valence-corrected chi connectivity index (χ1v) is 10.2. The third-order valence-electron chi connectivity index (χ3n) is 4.53. The highest BCUT2D eigenvalue weighted by molar-refractivity contribution is 14.0. The van der Waals surface area contributed by atoms with Crippen LogP contribution >= 0.6 is 35.7 Å². The molecule has 1 atom stereocenters. The molecule has 1 saturated heterocycles. The molecule has 0 spiro atoms. The molecular weight excluding hydrogens is 443 g/mol. The van der Waals surface area contributed by atoms with Crippen LogP contribution in [-0.2, 0) is 13.1 Å². The molecule has 2 rings (SSSR count). The van der Waals surface area contributed by atoms with E-state index in [4.69, 9.17) is 0 Å². The van der Waals surface area contributed by atoms with Gasteiger partial charge in [0.25, 0.3) is 0 Å². The number of hydrogen-bond acceptors (Lipinski definition) is 3. The molecule has 1 aliphatic rings. The topological polar surface area (TPSA) is 39.7 Å². The number of halogens is 1. The van der Waals surface area contributed by atoms with Crippen molar-refractivity contribution in [2.75, 3.05) is 32.4 Å². The lowest BCUT2D eigenvalue weighted by atomic mass is 10.1. The maximum absolute atomic E-state index is 4.32. The Bertz CT molecular complexity index is 497. The van der Waals surface area contributed by atoms with Crippen LogP contribution in [0.2, 0.25) is 0 Å². The molecule has 1 aromatic rings. The Labute approximate surface area is 174 Å². The molecule has 1 unspecified atom stereocenters. The second-order valence-electron chi connectivity index (χ2n) is 6.22. The van der Waals surface area contributed by atoms with Gasteiger partial charge in [0, 0.05) is 31.9 Å². The fourth-order valence-corrected chi connectivity index (χ4v) is 4.09. The van der Waals surface area contributed by atoms with Crippen molar-refractivity contribution in [3.8, 4) is 0 Å². The summed E-state index contributed by atoms with van der Waals surface area (Å²) < 4.78 is 0. The number of rotatable bonds is 8. The van der Waals surface area contributed by atoms with Gasteiger partial charge in [-0.15, -0.1) is 24.0 Å². The summed E-state index contributed by atoms with van der Waals surface area (Å²) >= 11 is 2.07. The molecule has 2 N–H and O–H groups in total. The highest BCUT2D eigenvalue weighted by Gasteiger charge is 2.15. The van der Waals surface area contributed by atoms with E-state index in [0.717, 1.165) is 43.9 Å². The summed E-state index contributed by atoms with van der Waals surface area (Å²) in [6.07, 6.45) is 2.67. The number of nitrogens with one attached hydrogen (secondary N) is 2. The first-order valence-electron chi connectivity index (χ1n) is 9.11. The Morgan fingerprint density at radius 1 is 1.16 bits per heavy atom. The fourth-order valence-electron chi connectivity index (χ4n) is 2.89. The van der Waals surface area contributed by atoms with E-state index in [1.807, 2.05) is 7.05 Å². The number of nitrogens with zero attached hydrogens (tertiary/aromatic N) is 2. The van der Waals surface area contributed by atoms with Crippen LogP contribution in [0.15, 0.2) is 29.3 Å². The fraction of sp³-hybridized carbons (Fsp3) is 0.632. The Hall–Kier alpha value is -0.470. The number of aliphatic imine (C=N–C) groups is 1. The summed E-state index contributed by atoms with van der Waals surface area (Å²) in [5.41, 5.74) is 2.67. The molecule has 1 fully saturated rings. The number of guanidine groups is 1. The second-order valence-corrected chi connectivity index (χ2v) is 7.63. The largest absolute Gasteiger partial charge is 0.355 e. The van der Waals surface area contributed by atoms with Gasteiger partial charge < -0.3 is 10.6 Å². The minimum absolute atomic E-state index is 0. The molecule has 0 saturated carbocycles. The average molecular weight is 476 g/mol. The summed E-state index contributed by atoms with van der Waals surface area (Å²) in [6.45, 7) is 9.47. The van der Waals surface area contributed by atoms with Crippen molar-refractivity contribution < 1.29 is 0 Å². The Morgan fingerprint density at radius 2 is 1.84 bits per heavy atom. The Morgan fingerprint density at radius 3 is 2.40 bits per heavy atom. The van der Waals surface area contributed by atoms with Crippen LogP contribution in [-0.4, -0.2) is 48.5 Å². The summed E-state index contributed by atoms with van der Waals surface area (Å²) in [7, 11) is 1.84. The van der Waals surface area contributed by atoms with Gasteiger partial charge in [-0.05, 0) is 42.8 Å². The maximum Gasteiger partial charge on any atom is 0.191 e. The zero-order valence-corrected chi connectivity index (χ0v) is 18.9. The molecule has 0 amide bonds. The predicted molar refractivity (Wildman–Crippen MR) is 122 cm³/mol. The van der Waals surface area contributed by atoms with Gasteiger partial charge in [0.1, 0.15) is 0 Å². The van der Waals surface area contributed by atoms with Crippen LogP contribution < -0.4 is 10.6 Å². The van der Waals surface area contributed by atoms with Gasteiger partial charge in [0.15, 0.2) is 5.96 Å². The zero-order valence-electron chi connectivity index (χ0n) is 15.8. The van der Waals surface area contributed by atoms with Crippen LogP contribution in [0.25, 0.3) is 0 Å². The molecule has 142 valence electrons. The summed E-state index contributed by atoms with van der Waals surface area (Å²) in [4.78, 5) is 6.75. The minimum atomic E-state index is 0. The summed E-state index contributed by atoms with van der Waals surface area (Å²) in [5.74, 6) is 2.20. The Kier molecular flexibility index (Phi) is 11.6. The van der Waals surface area contributed by atoms with Gasteiger partial charge in [0.05, 0.1) is 0 Å². The molecule has 25 heavy (non-hydrogen) atoms. The standard InChI is InChI=1S/C19H32N4S.HI/c1-4-23(5-2)15-17-10-8-16(9-11-17)13-21-19(20-3)22-14-18-7-6-12-24-18;/h8-11,18H,4-7,12-15H2,1-3H3,(H2,20,21,22);1H. The van der Waals surface area contributed by atoms with Crippen LogP contribution in [0.3, 0.4) is 0 Å². The molecule has 1 heterocycles. The van der Waals surface area contributed by atoms with Crippen molar-refractivity contribution in [2.45, 2.75) is 45.0 Å². The molecule has 6 heteroatoms. The van der Waals surface area contributed by atoms with Gasteiger partial charge in [-0.25, -0.2) is 0 Å². The van der Waals surface area contributed by atoms with Crippen molar-refractivity contribution in [1.29, 1.82) is 0 Å². The quantitative estimate of drug-likeness (QED) is 0.341. The molecular formula is C19H33IN4S. The van der Waals surface area contributed by atoms with E-state index in [1.54, 1.807) is 0 Å². The van der Waals surface area contributed by atoms with Crippen LogP contribution in [0.1, 0.15) is 37.8 Å². The molecule has 0 bridgehead atoms. The molecule has 1 aliphatic heterocycles. The van der Waals surface area contributed by atoms with E-state index in [-0.39, 0.29) is 24.0 Å². The Balaban J connectivity index is 0.00000312. The lowest BCUT2D eigenvalue weighted by Crippen LogP contribution is -2.39. The van der Waals surface area contributed by atoms with E-state index in [9.17, 15) is 0 Å². The molecule has 4 nitrogen and oxygen atoms in total. The molecule has 1 aromatic carbocycles. The number of thioether (sulfide) groups is 1. The van der Waals surface area contributed by atoms with Gasteiger partial charge in [-0.1, -0.05) is 38.1 Å². The predicted octanol–water partition coefficient (Wildman–Crippen LogP) is 3.71. The van der Waals surface area contributed by atoms with Crippen molar-refractivity contribution in [2.24, 2.45) is 4.99 Å². The maximum atomic E-state index is 4.32. The van der Waals surface area contributed by atoms with Crippen molar-refractivity contribution in [1.82, 2.24) is 15.5 Å². The van der Waals surface area contributed by atoms with Gasteiger partial charge in [0.2, 0.25) is 0 Å². The molecule has 0 aromatic heterocycles. The number of hydrogen-bond donors (Lipinski definition) is 2. The third-order valence-corrected chi connectivity index (χ3v) is 5.93. The van der Waals surface area contributed by atoms with Crippen molar-refractivity contribution >= 4 is 41.7 Å². The van der Waals surface area contributed by atoms with Crippen LogP contribution in [0.4, 0.5) is 0 Å². The van der Waals surface area contributed by atoms with Gasteiger partial charge >= 0.3 is 0 Å². The SMILES string of the molecule is CCN(CC)Cc1ccc(CNC(=NC)NCC2CCCS2)cc1.I. The normalized spacial score (nSPS) is 17.4. The van der Waals surface area contributed by atoms with Gasteiger partial charge in [-0.3, -0.25) is 9.89 Å². The van der Waals surface area contributed by atoms with Crippen molar-refractivity contribution in [3.63, 3.8) is 0 Å². The zero-order chi connectivity index (χ0) is 17.2. The van der Waals surface area contributed by atoms with Crippen LogP contribution in [0.5, 0.6) is 0 Å². The summed E-state index contributed by atoms with van der Waals surface area (Å²) in [5, 5.41) is 7.60. The van der Waals surface area contributed by atoms with E-state index in [2.05, 4.69) is 70.4 Å². The lowest BCUT2D eigenvalue weighted by molar-refractivity contribution is 0.296. The third kappa shape index (κ3) is 8.17. The number of benzene rings is 1. The molecule has 0 aliphatic carbocycles. The average Bonchev–Trinajstić information content (AvgIpc) is 3.14. The van der Waals surface area contributed by atoms with E-state index in [1.165, 1.54) is 29.7 Å². The smallest absolute Gasteiger partial charge is 0.191 e. The highest BCUT2D eigenvalue weighted by Crippen LogP contribution is 2.25. The summed E-state index contributed by atoms with van der Waals surface area (Å²) in [6, 6.07) is 8.90. The van der Waals surface area contributed by atoms with E-state index >= 15 is 0 Å². The molecule has 0 radical (unpaired) electrons. The first kappa shape index (κ1) is 22.6.